The van der Waals surface area contributed by atoms with Crippen molar-refractivity contribution in [2.24, 2.45) is 13.0 Å². The highest BCUT2D eigenvalue weighted by Crippen LogP contribution is 2.39. The molecule has 1 heterocycles. The van der Waals surface area contributed by atoms with E-state index in [1.165, 1.54) is 23.9 Å². The number of halogens is 1. The molecule has 1 saturated carbocycles. The molecule has 27 heavy (non-hydrogen) atoms. The van der Waals surface area contributed by atoms with Gasteiger partial charge in [0, 0.05) is 38.2 Å². The van der Waals surface area contributed by atoms with Gasteiger partial charge in [0.2, 0.25) is 5.78 Å². The maximum atomic E-state index is 13.0. The number of rotatable bonds is 6. The molecule has 0 spiro atoms. The lowest BCUT2D eigenvalue weighted by Gasteiger charge is -2.24. The summed E-state index contributed by atoms with van der Waals surface area (Å²) in [4.78, 5) is 27.1. The first-order valence-electron chi connectivity index (χ1n) is 8.56. The fourth-order valence-corrected chi connectivity index (χ4v) is 4.62. The zero-order valence-corrected chi connectivity index (χ0v) is 17.2. The Balaban J connectivity index is 2.17. The van der Waals surface area contributed by atoms with Crippen LogP contribution in [0.3, 0.4) is 0 Å². The summed E-state index contributed by atoms with van der Waals surface area (Å²) in [5.41, 5.74) is 0.406. The average molecular weight is 412 g/mol. The van der Waals surface area contributed by atoms with Crippen LogP contribution >= 0.6 is 11.6 Å². The number of hydrogen-bond donors (Lipinski definition) is 1. The Morgan fingerprint density at radius 2 is 2.00 bits per heavy atom. The van der Waals surface area contributed by atoms with Crippen molar-refractivity contribution in [2.75, 3.05) is 24.7 Å². The van der Waals surface area contributed by atoms with E-state index in [1.807, 2.05) is 0 Å². The number of nitrogens with one attached hydrogen (secondary N) is 1. The SMILES string of the molecule is Cc1[nH]n(C)c(=O)c1C(=O)c1ccc(S(C)(=O)=O)c(N(C)CC2CC2)c1Cl. The van der Waals surface area contributed by atoms with E-state index in [0.717, 1.165) is 19.1 Å². The molecule has 0 unspecified atom stereocenters. The van der Waals surface area contributed by atoms with Crippen molar-refractivity contribution in [3.8, 4) is 0 Å². The molecule has 1 aromatic heterocycles. The molecule has 0 atom stereocenters. The molecular formula is C18H22ClN3O4S. The third-order valence-corrected chi connectivity index (χ3v) is 6.30. The fourth-order valence-electron chi connectivity index (χ4n) is 3.24. The van der Waals surface area contributed by atoms with Gasteiger partial charge in [-0.3, -0.25) is 19.4 Å². The van der Waals surface area contributed by atoms with Crippen LogP contribution in [-0.2, 0) is 16.9 Å². The predicted octanol–water partition coefficient (Wildman–Crippen LogP) is 2.16. The second-order valence-corrected chi connectivity index (χ2v) is 9.54. The van der Waals surface area contributed by atoms with Gasteiger partial charge in [-0.05, 0) is 37.8 Å². The Hall–Kier alpha value is -2.06. The quantitative estimate of drug-likeness (QED) is 0.735. The first-order valence-corrected chi connectivity index (χ1v) is 10.8. The third kappa shape index (κ3) is 3.68. The summed E-state index contributed by atoms with van der Waals surface area (Å²) in [7, 11) is -0.255. The van der Waals surface area contributed by atoms with E-state index in [4.69, 9.17) is 11.6 Å². The number of H-pyrrole nitrogens is 1. The molecule has 1 aliphatic carbocycles. The Labute approximate surface area is 162 Å². The van der Waals surface area contributed by atoms with Gasteiger partial charge in [-0.15, -0.1) is 0 Å². The Morgan fingerprint density at radius 1 is 1.37 bits per heavy atom. The van der Waals surface area contributed by atoms with Gasteiger partial charge >= 0.3 is 0 Å². The fraction of sp³-hybridized carbons (Fsp3) is 0.444. The molecule has 0 saturated heterocycles. The molecule has 7 nitrogen and oxygen atoms in total. The highest BCUT2D eigenvalue weighted by molar-refractivity contribution is 7.90. The standard InChI is InChI=1S/C18H22ClN3O4S/c1-10-14(18(24)22(3)20-10)17(23)12-7-8-13(27(4,25)26)16(15(12)19)21(2)9-11-5-6-11/h7-8,11,20H,5-6,9H2,1-4H3. The molecule has 1 fully saturated rings. The number of aromatic amines is 1. The zero-order valence-electron chi connectivity index (χ0n) is 15.7. The van der Waals surface area contributed by atoms with Gasteiger partial charge in [0.15, 0.2) is 9.84 Å². The van der Waals surface area contributed by atoms with Crippen LogP contribution in [-0.4, -0.2) is 43.8 Å². The number of benzene rings is 1. The van der Waals surface area contributed by atoms with Crippen LogP contribution in [0, 0.1) is 12.8 Å². The van der Waals surface area contributed by atoms with Crippen LogP contribution in [0.25, 0.3) is 0 Å². The number of anilines is 1. The van der Waals surface area contributed by atoms with Gasteiger partial charge in [0.05, 0.1) is 15.6 Å². The first-order chi connectivity index (χ1) is 12.5. The van der Waals surface area contributed by atoms with Crippen LogP contribution in [0.5, 0.6) is 0 Å². The summed E-state index contributed by atoms with van der Waals surface area (Å²) < 4.78 is 25.7. The first kappa shape index (κ1) is 19.7. The highest BCUT2D eigenvalue weighted by atomic mass is 35.5. The molecule has 1 aromatic carbocycles. The van der Waals surface area contributed by atoms with Crippen LogP contribution in [0.15, 0.2) is 21.8 Å². The second-order valence-electron chi connectivity index (χ2n) is 7.18. The minimum atomic E-state index is -3.55. The number of aromatic nitrogens is 2. The molecule has 9 heteroatoms. The monoisotopic (exact) mass is 411 g/mol. The Morgan fingerprint density at radius 3 is 2.48 bits per heavy atom. The second kappa shape index (κ2) is 6.83. The molecule has 0 radical (unpaired) electrons. The molecule has 2 aromatic rings. The lowest BCUT2D eigenvalue weighted by Crippen LogP contribution is -2.24. The zero-order chi connectivity index (χ0) is 20.1. The number of nitrogens with zero attached hydrogens (tertiary/aromatic N) is 2. The molecule has 3 rings (SSSR count). The number of ketones is 1. The van der Waals surface area contributed by atoms with Crippen molar-refractivity contribution < 1.29 is 13.2 Å². The maximum Gasteiger partial charge on any atom is 0.277 e. The topological polar surface area (TPSA) is 92.2 Å². The lowest BCUT2D eigenvalue weighted by atomic mass is 10.0. The smallest absolute Gasteiger partial charge is 0.277 e. The molecule has 0 amide bonds. The number of sulfone groups is 1. The van der Waals surface area contributed by atoms with E-state index in [-0.39, 0.29) is 21.0 Å². The van der Waals surface area contributed by atoms with Crippen LogP contribution in [0.2, 0.25) is 5.02 Å². The number of carbonyl (C=O) groups is 1. The van der Waals surface area contributed by atoms with E-state index in [2.05, 4.69) is 5.10 Å². The Bertz CT molecular complexity index is 1080. The summed E-state index contributed by atoms with van der Waals surface area (Å²) in [6.07, 6.45) is 3.29. The van der Waals surface area contributed by atoms with Gasteiger partial charge in [0.1, 0.15) is 5.56 Å². The van der Waals surface area contributed by atoms with Crippen molar-refractivity contribution in [3.63, 3.8) is 0 Å². The van der Waals surface area contributed by atoms with E-state index in [0.29, 0.717) is 23.8 Å². The third-order valence-electron chi connectivity index (χ3n) is 4.79. The summed E-state index contributed by atoms with van der Waals surface area (Å²) in [5.74, 6) is -0.0301. The van der Waals surface area contributed by atoms with E-state index in [9.17, 15) is 18.0 Å². The van der Waals surface area contributed by atoms with Gasteiger partial charge in [-0.1, -0.05) is 11.6 Å². The minimum absolute atomic E-state index is 0.00213. The normalized spacial score (nSPS) is 14.4. The summed E-state index contributed by atoms with van der Waals surface area (Å²) in [5, 5.41) is 2.84. The Kier molecular flexibility index (Phi) is 4.98. The average Bonchev–Trinajstić information content (AvgIpc) is 3.32. The largest absolute Gasteiger partial charge is 0.372 e. The maximum absolute atomic E-state index is 13.0. The molecule has 0 aliphatic heterocycles. The van der Waals surface area contributed by atoms with Gasteiger partial charge < -0.3 is 4.90 Å². The van der Waals surface area contributed by atoms with Gasteiger partial charge in [-0.25, -0.2) is 8.42 Å². The van der Waals surface area contributed by atoms with Crippen LogP contribution in [0.4, 0.5) is 5.69 Å². The number of aryl methyl sites for hydroxylation is 2. The minimum Gasteiger partial charge on any atom is -0.372 e. The van der Waals surface area contributed by atoms with Crippen molar-refractivity contribution in [3.05, 3.63) is 44.3 Å². The van der Waals surface area contributed by atoms with E-state index >= 15 is 0 Å². The van der Waals surface area contributed by atoms with Crippen molar-refractivity contribution in [1.29, 1.82) is 0 Å². The number of hydrogen-bond acceptors (Lipinski definition) is 5. The molecule has 1 aliphatic rings. The number of carbonyl (C=O) groups excluding carboxylic acids is 1. The van der Waals surface area contributed by atoms with Gasteiger partial charge in [-0.2, -0.15) is 0 Å². The summed E-state index contributed by atoms with van der Waals surface area (Å²) in [6.45, 7) is 2.29. The van der Waals surface area contributed by atoms with Crippen LogP contribution in [0.1, 0.15) is 34.5 Å². The predicted molar refractivity (Wildman–Crippen MR) is 105 cm³/mol. The van der Waals surface area contributed by atoms with Gasteiger partial charge in [0.25, 0.3) is 5.56 Å². The van der Waals surface area contributed by atoms with Crippen molar-refractivity contribution in [1.82, 2.24) is 9.78 Å². The van der Waals surface area contributed by atoms with E-state index in [1.54, 1.807) is 18.9 Å². The van der Waals surface area contributed by atoms with Crippen molar-refractivity contribution >= 4 is 32.9 Å². The summed E-state index contributed by atoms with van der Waals surface area (Å²) in [6, 6.07) is 2.76. The molecule has 0 bridgehead atoms. The van der Waals surface area contributed by atoms with Crippen molar-refractivity contribution in [2.45, 2.75) is 24.7 Å². The summed E-state index contributed by atoms with van der Waals surface area (Å²) >= 11 is 6.53. The molecular weight excluding hydrogens is 390 g/mol. The van der Waals surface area contributed by atoms with E-state index < -0.39 is 21.2 Å². The highest BCUT2D eigenvalue weighted by Gasteiger charge is 2.30. The molecule has 146 valence electrons. The van der Waals surface area contributed by atoms with Crippen LogP contribution < -0.4 is 10.5 Å². The molecule has 1 N–H and O–H groups in total. The lowest BCUT2D eigenvalue weighted by molar-refractivity contribution is 0.103.